The molecule has 2 rings (SSSR count). The second-order valence-electron chi connectivity index (χ2n) is 2.46. The Balaban J connectivity index is 2.65. The molecule has 0 fully saturated rings. The molecule has 8 heteroatoms. The van der Waals surface area contributed by atoms with E-state index in [1.807, 2.05) is 6.07 Å². The number of thiophene rings is 1. The maximum absolute atomic E-state index is 5.70. The fourth-order valence-corrected chi connectivity index (χ4v) is 3.91. The van der Waals surface area contributed by atoms with Crippen LogP contribution in [0, 0.1) is 4.77 Å². The van der Waals surface area contributed by atoms with Crippen LogP contribution in [0.3, 0.4) is 0 Å². The summed E-state index contributed by atoms with van der Waals surface area (Å²) in [5, 5.41) is 6.67. The van der Waals surface area contributed by atoms with Gasteiger partial charge in [-0.05, 0) is 50.1 Å². The first kappa shape index (κ1) is 10.3. The van der Waals surface area contributed by atoms with Gasteiger partial charge in [0, 0.05) is 5.56 Å². The Labute approximate surface area is 105 Å². The summed E-state index contributed by atoms with van der Waals surface area (Å²) in [7, 11) is 0. The Hall–Kier alpha value is -0.180. The van der Waals surface area contributed by atoms with Gasteiger partial charge in [0.15, 0.2) is 5.82 Å². The molecule has 2 aromatic heterocycles. The Morgan fingerprint density at radius 3 is 2.71 bits per heavy atom. The van der Waals surface area contributed by atoms with Crippen molar-refractivity contribution in [3.63, 3.8) is 0 Å². The van der Waals surface area contributed by atoms with Gasteiger partial charge in [-0.3, -0.25) is 0 Å². The van der Waals surface area contributed by atoms with E-state index in [0.29, 0.717) is 10.6 Å². The number of nitrogens with one attached hydrogen (secondary N) is 1. The molecule has 0 saturated heterocycles. The fraction of sp³-hybridized carbons (Fsp3) is 0. The summed E-state index contributed by atoms with van der Waals surface area (Å²) in [6.45, 7) is 0. The van der Waals surface area contributed by atoms with Gasteiger partial charge in [-0.1, -0.05) is 0 Å². The molecule has 0 spiro atoms. The summed E-state index contributed by atoms with van der Waals surface area (Å²) in [6.07, 6.45) is 0. The van der Waals surface area contributed by atoms with Crippen molar-refractivity contribution < 1.29 is 0 Å². The number of aromatic amines is 1. The largest absolute Gasteiger partial charge is 0.335 e. The highest BCUT2D eigenvalue weighted by atomic mass is 79.9. The van der Waals surface area contributed by atoms with Gasteiger partial charge in [-0.15, -0.1) is 11.3 Å². The van der Waals surface area contributed by atoms with E-state index >= 15 is 0 Å². The third-order valence-corrected chi connectivity index (χ3v) is 4.23. The molecular weight excluding hydrogens is 352 g/mol. The predicted octanol–water partition coefficient (Wildman–Crippen LogP) is 2.91. The Bertz CT molecular complexity index is 526. The number of nitrogens with two attached hydrogens (primary N) is 1. The van der Waals surface area contributed by atoms with E-state index in [1.54, 1.807) is 11.3 Å². The van der Waals surface area contributed by atoms with Gasteiger partial charge >= 0.3 is 0 Å². The molecule has 0 aliphatic rings. The standard InChI is InChI=1S/C6H4Br2N4S2/c7-3-1-2(4(8)14-3)5-10-11-6(13)12(5)9/h1H,9H2,(H,11,13). The number of H-pyrrole nitrogens is 1. The van der Waals surface area contributed by atoms with E-state index in [4.69, 9.17) is 18.1 Å². The average Bonchev–Trinajstić information content (AvgIpc) is 2.59. The van der Waals surface area contributed by atoms with E-state index < -0.39 is 0 Å². The highest BCUT2D eigenvalue weighted by Crippen LogP contribution is 2.37. The van der Waals surface area contributed by atoms with E-state index in [-0.39, 0.29) is 0 Å². The number of hydrogen-bond acceptors (Lipinski definition) is 4. The molecule has 0 aliphatic carbocycles. The molecule has 0 aromatic carbocycles. The molecule has 2 heterocycles. The molecule has 74 valence electrons. The zero-order chi connectivity index (χ0) is 10.3. The molecule has 14 heavy (non-hydrogen) atoms. The lowest BCUT2D eigenvalue weighted by Gasteiger charge is -1.96. The molecule has 4 nitrogen and oxygen atoms in total. The first-order valence-electron chi connectivity index (χ1n) is 3.47. The maximum atomic E-state index is 5.70. The molecule has 0 amide bonds. The third kappa shape index (κ3) is 1.67. The third-order valence-electron chi connectivity index (χ3n) is 1.60. The predicted molar refractivity (Wildman–Crippen MR) is 66.3 cm³/mol. The van der Waals surface area contributed by atoms with E-state index in [2.05, 4.69) is 42.1 Å². The smallest absolute Gasteiger partial charge is 0.214 e. The van der Waals surface area contributed by atoms with Crippen molar-refractivity contribution in [1.82, 2.24) is 14.9 Å². The van der Waals surface area contributed by atoms with E-state index in [0.717, 1.165) is 13.1 Å². The van der Waals surface area contributed by atoms with E-state index in [1.165, 1.54) is 4.68 Å². The quantitative estimate of drug-likeness (QED) is 0.610. The summed E-state index contributed by atoms with van der Waals surface area (Å²) in [5.74, 6) is 6.31. The average molecular weight is 356 g/mol. The van der Waals surface area contributed by atoms with Crippen LogP contribution in [-0.4, -0.2) is 14.9 Å². The number of halogens is 2. The Morgan fingerprint density at radius 2 is 2.29 bits per heavy atom. The summed E-state index contributed by atoms with van der Waals surface area (Å²) < 4.78 is 3.71. The zero-order valence-corrected chi connectivity index (χ0v) is 11.4. The minimum atomic E-state index is 0.397. The van der Waals surface area contributed by atoms with Gasteiger partial charge < -0.3 is 5.84 Å². The van der Waals surface area contributed by atoms with Crippen molar-refractivity contribution in [3.8, 4) is 11.4 Å². The van der Waals surface area contributed by atoms with Crippen molar-refractivity contribution in [3.05, 3.63) is 18.4 Å². The van der Waals surface area contributed by atoms with Crippen molar-refractivity contribution in [2.75, 3.05) is 5.84 Å². The maximum Gasteiger partial charge on any atom is 0.214 e. The van der Waals surface area contributed by atoms with E-state index in [9.17, 15) is 0 Å². The minimum Gasteiger partial charge on any atom is -0.335 e. The van der Waals surface area contributed by atoms with Crippen molar-refractivity contribution in [1.29, 1.82) is 0 Å². The molecule has 3 N–H and O–H groups in total. The topological polar surface area (TPSA) is 59.6 Å². The number of hydrogen-bond donors (Lipinski definition) is 2. The molecule has 0 atom stereocenters. The van der Waals surface area contributed by atoms with Gasteiger partial charge in [-0.2, -0.15) is 5.10 Å². The van der Waals surface area contributed by atoms with Crippen molar-refractivity contribution >= 4 is 55.4 Å². The Kier molecular flexibility index (Phi) is 2.78. The van der Waals surface area contributed by atoms with Crippen LogP contribution in [0.15, 0.2) is 13.6 Å². The zero-order valence-electron chi connectivity index (χ0n) is 6.62. The lowest BCUT2D eigenvalue weighted by atomic mass is 10.3. The number of nitrogen functional groups attached to an aromatic ring is 1. The first-order valence-corrected chi connectivity index (χ1v) is 6.28. The summed E-state index contributed by atoms with van der Waals surface area (Å²) in [6, 6.07) is 1.93. The van der Waals surface area contributed by atoms with Crippen molar-refractivity contribution in [2.45, 2.75) is 0 Å². The van der Waals surface area contributed by atoms with Crippen LogP contribution in [0.2, 0.25) is 0 Å². The SMILES string of the molecule is Nn1c(-c2cc(Br)sc2Br)n[nH]c1=S. The summed E-state index contributed by atoms with van der Waals surface area (Å²) >= 11 is 13.3. The number of nitrogens with zero attached hydrogens (tertiary/aromatic N) is 2. The van der Waals surface area contributed by atoms with Crippen LogP contribution < -0.4 is 5.84 Å². The molecule has 0 aliphatic heterocycles. The van der Waals surface area contributed by atoms with Crippen LogP contribution >= 0.6 is 55.4 Å². The fourth-order valence-electron chi connectivity index (χ4n) is 0.987. The molecule has 0 unspecified atom stereocenters. The number of rotatable bonds is 1. The summed E-state index contributed by atoms with van der Waals surface area (Å²) in [5.41, 5.74) is 0.914. The first-order chi connectivity index (χ1) is 6.59. The van der Waals surface area contributed by atoms with Gasteiger partial charge in [-0.25, -0.2) is 9.77 Å². The highest BCUT2D eigenvalue weighted by Gasteiger charge is 2.13. The minimum absolute atomic E-state index is 0.397. The molecule has 0 saturated carbocycles. The van der Waals surface area contributed by atoms with Gasteiger partial charge in [0.2, 0.25) is 4.77 Å². The van der Waals surface area contributed by atoms with Gasteiger partial charge in [0.25, 0.3) is 0 Å². The van der Waals surface area contributed by atoms with Crippen LogP contribution in [-0.2, 0) is 0 Å². The van der Waals surface area contributed by atoms with Crippen LogP contribution in [0.1, 0.15) is 0 Å². The van der Waals surface area contributed by atoms with Gasteiger partial charge in [0.05, 0.1) is 7.57 Å². The normalized spacial score (nSPS) is 10.7. The Morgan fingerprint density at radius 1 is 1.57 bits per heavy atom. The molecule has 2 aromatic rings. The van der Waals surface area contributed by atoms with Crippen LogP contribution in [0.25, 0.3) is 11.4 Å². The summed E-state index contributed by atoms with van der Waals surface area (Å²) in [4.78, 5) is 0. The second kappa shape index (κ2) is 3.76. The molecular formula is C6H4Br2N4S2. The van der Waals surface area contributed by atoms with Crippen LogP contribution in [0.5, 0.6) is 0 Å². The number of aromatic nitrogens is 3. The lowest BCUT2D eigenvalue weighted by Crippen LogP contribution is -2.09. The van der Waals surface area contributed by atoms with Crippen molar-refractivity contribution in [2.24, 2.45) is 0 Å². The second-order valence-corrected chi connectivity index (χ2v) is 6.60. The van der Waals surface area contributed by atoms with Gasteiger partial charge in [0.1, 0.15) is 0 Å². The lowest BCUT2D eigenvalue weighted by molar-refractivity contribution is 0.984. The highest BCUT2D eigenvalue weighted by molar-refractivity contribution is 9.12. The van der Waals surface area contributed by atoms with Crippen LogP contribution in [0.4, 0.5) is 0 Å². The monoisotopic (exact) mass is 354 g/mol. The molecule has 0 radical (unpaired) electrons. The molecule has 0 bridgehead atoms.